The highest BCUT2D eigenvalue weighted by atomic mass is 32.2. The first-order valence-corrected chi connectivity index (χ1v) is 5.50. The summed E-state index contributed by atoms with van der Waals surface area (Å²) in [5.74, 6) is 0. The van der Waals surface area contributed by atoms with Crippen molar-refractivity contribution in [3.05, 3.63) is 12.2 Å². The summed E-state index contributed by atoms with van der Waals surface area (Å²) < 4.78 is 26.8. The van der Waals surface area contributed by atoms with E-state index in [0.717, 1.165) is 19.3 Å². The van der Waals surface area contributed by atoms with Crippen molar-refractivity contribution in [3.63, 3.8) is 0 Å². The molecule has 1 rings (SSSR count). The van der Waals surface area contributed by atoms with Gasteiger partial charge in [0.05, 0.1) is 0 Å². The molecule has 0 saturated heterocycles. The molecule has 0 radical (unpaired) electrons. The zero-order valence-electron chi connectivity index (χ0n) is 7.08. The smallest absolute Gasteiger partial charge is 0.205 e. The van der Waals surface area contributed by atoms with Crippen LogP contribution in [0.25, 0.3) is 0 Å². The predicted molar refractivity (Wildman–Crippen MR) is 47.9 cm³/mol. The van der Waals surface area contributed by atoms with Crippen molar-refractivity contribution in [2.75, 3.05) is 7.05 Å². The van der Waals surface area contributed by atoms with Crippen LogP contribution < -0.4 is 9.44 Å². The Morgan fingerprint density at radius 2 is 2.25 bits per heavy atom. The minimum absolute atomic E-state index is 0.0313. The number of hydrogen-bond acceptors (Lipinski definition) is 2. The van der Waals surface area contributed by atoms with Crippen LogP contribution in [0.5, 0.6) is 0 Å². The van der Waals surface area contributed by atoms with Crippen molar-refractivity contribution < 1.29 is 8.42 Å². The molecule has 1 aliphatic carbocycles. The van der Waals surface area contributed by atoms with E-state index in [4.69, 9.17) is 0 Å². The maximum absolute atomic E-state index is 11.0. The van der Waals surface area contributed by atoms with Gasteiger partial charge in [0.15, 0.2) is 0 Å². The molecule has 1 aliphatic rings. The minimum atomic E-state index is -3.27. The maximum Gasteiger partial charge on any atom is 0.277 e. The molecule has 0 saturated carbocycles. The van der Waals surface area contributed by atoms with Crippen molar-refractivity contribution in [2.24, 2.45) is 0 Å². The standard InChI is InChI=1S/C7H14N2O2S/c1-8-12(10,11)9-7-5-3-2-4-6-7/h3,5,7-9H,2,4,6H2,1H3. The van der Waals surface area contributed by atoms with Crippen LogP contribution in [0.4, 0.5) is 0 Å². The first-order valence-electron chi connectivity index (χ1n) is 4.01. The van der Waals surface area contributed by atoms with E-state index >= 15 is 0 Å². The Kier molecular flexibility index (Phi) is 3.25. The molecule has 4 nitrogen and oxygen atoms in total. The average molecular weight is 190 g/mol. The van der Waals surface area contributed by atoms with Gasteiger partial charge >= 0.3 is 0 Å². The lowest BCUT2D eigenvalue weighted by molar-refractivity contribution is 0.542. The highest BCUT2D eigenvalue weighted by molar-refractivity contribution is 7.87. The summed E-state index contributed by atoms with van der Waals surface area (Å²) in [5, 5.41) is 0. The molecule has 0 aliphatic heterocycles. The fourth-order valence-corrected chi connectivity index (χ4v) is 1.88. The SMILES string of the molecule is CNS(=O)(=O)NC1C=CCCC1. The van der Waals surface area contributed by atoms with Gasteiger partial charge in [-0.15, -0.1) is 0 Å². The van der Waals surface area contributed by atoms with Crippen molar-refractivity contribution in [1.29, 1.82) is 0 Å². The molecule has 0 heterocycles. The van der Waals surface area contributed by atoms with E-state index in [9.17, 15) is 8.42 Å². The van der Waals surface area contributed by atoms with E-state index in [1.165, 1.54) is 7.05 Å². The molecule has 0 amide bonds. The molecule has 5 heteroatoms. The van der Waals surface area contributed by atoms with Crippen molar-refractivity contribution in [1.82, 2.24) is 9.44 Å². The topological polar surface area (TPSA) is 58.2 Å². The summed E-state index contributed by atoms with van der Waals surface area (Å²) in [7, 11) is -1.87. The van der Waals surface area contributed by atoms with Gasteiger partial charge in [0.1, 0.15) is 0 Å². The Morgan fingerprint density at radius 3 is 2.75 bits per heavy atom. The number of rotatable bonds is 3. The van der Waals surface area contributed by atoms with Gasteiger partial charge in [-0.25, -0.2) is 4.72 Å². The molecule has 0 aromatic rings. The van der Waals surface area contributed by atoms with E-state index < -0.39 is 10.2 Å². The molecule has 0 aromatic carbocycles. The van der Waals surface area contributed by atoms with Crippen LogP contribution in [0.3, 0.4) is 0 Å². The van der Waals surface area contributed by atoms with Crippen molar-refractivity contribution in [3.8, 4) is 0 Å². The lowest BCUT2D eigenvalue weighted by Crippen LogP contribution is -2.40. The molecular formula is C7H14N2O2S. The first kappa shape index (κ1) is 9.70. The van der Waals surface area contributed by atoms with Crippen LogP contribution in [0, 0.1) is 0 Å². The largest absolute Gasteiger partial charge is 0.277 e. The molecule has 1 unspecified atom stereocenters. The Labute approximate surface area is 73.2 Å². The van der Waals surface area contributed by atoms with Crippen LogP contribution in [0.15, 0.2) is 12.2 Å². The number of hydrogen-bond donors (Lipinski definition) is 2. The first-order chi connectivity index (χ1) is 5.64. The van der Waals surface area contributed by atoms with E-state index in [-0.39, 0.29) is 6.04 Å². The van der Waals surface area contributed by atoms with Crippen molar-refractivity contribution in [2.45, 2.75) is 25.3 Å². The van der Waals surface area contributed by atoms with Crippen LogP contribution in [-0.4, -0.2) is 21.5 Å². The summed E-state index contributed by atoms with van der Waals surface area (Å²) >= 11 is 0. The Hall–Kier alpha value is -0.390. The third-order valence-corrected chi connectivity index (χ3v) is 2.98. The van der Waals surface area contributed by atoms with Crippen LogP contribution in [0.2, 0.25) is 0 Å². The molecule has 12 heavy (non-hydrogen) atoms. The summed E-state index contributed by atoms with van der Waals surface area (Å²) in [6.07, 6.45) is 6.90. The van der Waals surface area contributed by atoms with Crippen LogP contribution in [0.1, 0.15) is 19.3 Å². The lowest BCUT2D eigenvalue weighted by atomic mass is 10.0. The molecule has 0 bridgehead atoms. The molecule has 1 atom stereocenters. The second-order valence-electron chi connectivity index (χ2n) is 2.79. The van der Waals surface area contributed by atoms with E-state index in [0.29, 0.717) is 0 Å². The fourth-order valence-electron chi connectivity index (χ4n) is 1.17. The highest BCUT2D eigenvalue weighted by Crippen LogP contribution is 2.10. The lowest BCUT2D eigenvalue weighted by Gasteiger charge is -2.17. The van der Waals surface area contributed by atoms with Gasteiger partial charge in [-0.2, -0.15) is 13.1 Å². The summed E-state index contributed by atoms with van der Waals surface area (Å²) in [6, 6.07) is -0.0313. The predicted octanol–water partition coefficient (Wildman–Crippen LogP) is 0.149. The molecule has 0 spiro atoms. The van der Waals surface area contributed by atoms with E-state index in [2.05, 4.69) is 9.44 Å². The second-order valence-corrected chi connectivity index (χ2v) is 4.44. The summed E-state index contributed by atoms with van der Waals surface area (Å²) in [6.45, 7) is 0. The fraction of sp³-hybridized carbons (Fsp3) is 0.714. The summed E-state index contributed by atoms with van der Waals surface area (Å²) in [4.78, 5) is 0. The molecule has 0 aromatic heterocycles. The molecule has 0 fully saturated rings. The molecule has 2 N–H and O–H groups in total. The quantitative estimate of drug-likeness (QED) is 0.622. The number of allylic oxidation sites excluding steroid dienone is 1. The zero-order valence-corrected chi connectivity index (χ0v) is 7.89. The van der Waals surface area contributed by atoms with Gasteiger partial charge < -0.3 is 0 Å². The van der Waals surface area contributed by atoms with Gasteiger partial charge in [0.2, 0.25) is 0 Å². The Balaban J connectivity index is 2.50. The Bertz CT molecular complexity index is 259. The van der Waals surface area contributed by atoms with E-state index in [1.807, 2.05) is 12.2 Å². The third kappa shape index (κ3) is 2.92. The third-order valence-electron chi connectivity index (χ3n) is 1.83. The number of nitrogens with one attached hydrogen (secondary N) is 2. The van der Waals surface area contributed by atoms with Crippen LogP contribution in [-0.2, 0) is 10.2 Å². The summed E-state index contributed by atoms with van der Waals surface area (Å²) in [5.41, 5.74) is 0. The normalized spacial score (nSPS) is 24.2. The molecular weight excluding hydrogens is 176 g/mol. The van der Waals surface area contributed by atoms with Gasteiger partial charge in [-0.1, -0.05) is 12.2 Å². The van der Waals surface area contributed by atoms with Gasteiger partial charge in [0.25, 0.3) is 10.2 Å². The van der Waals surface area contributed by atoms with Crippen LogP contribution >= 0.6 is 0 Å². The van der Waals surface area contributed by atoms with Gasteiger partial charge in [-0.05, 0) is 19.3 Å². The van der Waals surface area contributed by atoms with Gasteiger partial charge in [0, 0.05) is 13.1 Å². The average Bonchev–Trinajstić information content (AvgIpc) is 2.06. The maximum atomic E-state index is 11.0. The zero-order chi connectivity index (χ0) is 9.03. The minimum Gasteiger partial charge on any atom is -0.205 e. The van der Waals surface area contributed by atoms with Crippen molar-refractivity contribution >= 4 is 10.2 Å². The second kappa shape index (κ2) is 4.02. The van der Waals surface area contributed by atoms with Gasteiger partial charge in [-0.3, -0.25) is 0 Å². The van der Waals surface area contributed by atoms with E-state index in [1.54, 1.807) is 0 Å². The molecule has 70 valence electrons. The monoisotopic (exact) mass is 190 g/mol. The Morgan fingerprint density at radius 1 is 1.50 bits per heavy atom. The highest BCUT2D eigenvalue weighted by Gasteiger charge is 2.14.